The third-order valence-corrected chi connectivity index (χ3v) is 3.93. The van der Waals surface area contributed by atoms with E-state index in [0.717, 1.165) is 18.4 Å². The smallest absolute Gasteiger partial charge is 0.244 e. The van der Waals surface area contributed by atoms with Gasteiger partial charge in [0.15, 0.2) is 0 Å². The molecule has 1 aromatic rings. The lowest BCUT2D eigenvalue weighted by Gasteiger charge is -2.23. The fraction of sp³-hybridized carbons (Fsp3) is 0.533. The van der Waals surface area contributed by atoms with Gasteiger partial charge in [0.05, 0.1) is 5.41 Å². The number of rotatable bonds is 2. The van der Waals surface area contributed by atoms with Crippen molar-refractivity contribution in [1.29, 1.82) is 0 Å². The highest BCUT2D eigenvalue weighted by Crippen LogP contribution is 2.50. The average Bonchev–Trinajstić information content (AvgIpc) is 3.08. The van der Waals surface area contributed by atoms with Crippen LogP contribution in [0.2, 0.25) is 0 Å². The summed E-state index contributed by atoms with van der Waals surface area (Å²) >= 11 is 0. The second-order valence-electron chi connectivity index (χ2n) is 6.34. The molecule has 1 amide bonds. The molecule has 1 fully saturated rings. The van der Waals surface area contributed by atoms with E-state index < -0.39 is 0 Å². The molecule has 0 saturated heterocycles. The molecule has 0 heterocycles. The quantitative estimate of drug-likeness (QED) is 0.478. The number of nitrogens with two attached hydrogens (primary N) is 1. The molecule has 0 aromatic heterocycles. The van der Waals surface area contributed by atoms with E-state index in [0.29, 0.717) is 0 Å². The Morgan fingerprint density at radius 3 is 2.39 bits per heavy atom. The topological polar surface area (TPSA) is 55.1 Å². The molecule has 18 heavy (non-hydrogen) atoms. The highest BCUT2D eigenvalue weighted by atomic mass is 16.2. The number of carbonyl (C=O) groups excluding carboxylic acids is 1. The molecule has 1 aromatic carbocycles. The van der Waals surface area contributed by atoms with Crippen molar-refractivity contribution in [2.45, 2.75) is 51.4 Å². The zero-order valence-electron chi connectivity index (χ0n) is 11.6. The van der Waals surface area contributed by atoms with Gasteiger partial charge in [-0.05, 0) is 41.9 Å². The van der Waals surface area contributed by atoms with Crippen molar-refractivity contribution in [2.24, 2.45) is 5.84 Å². The van der Waals surface area contributed by atoms with Gasteiger partial charge < -0.3 is 0 Å². The Morgan fingerprint density at radius 2 is 1.94 bits per heavy atom. The number of amides is 1. The molecule has 0 radical (unpaired) electrons. The summed E-state index contributed by atoms with van der Waals surface area (Å²) < 4.78 is 0. The Balaban J connectivity index is 2.48. The molecule has 3 nitrogen and oxygen atoms in total. The largest absolute Gasteiger partial charge is 0.293 e. The average molecular weight is 246 g/mol. The fourth-order valence-electron chi connectivity index (χ4n) is 2.49. The van der Waals surface area contributed by atoms with Crippen molar-refractivity contribution in [3.8, 4) is 0 Å². The van der Waals surface area contributed by atoms with Crippen LogP contribution in [-0.2, 0) is 15.6 Å². The zero-order chi connectivity index (χ0) is 13.6. The molecule has 0 aliphatic heterocycles. The SMILES string of the molecule is Cc1ccc(C(C)(C)C)cc1C1(C(=O)NN)CC1. The van der Waals surface area contributed by atoms with Crippen LogP contribution in [0.25, 0.3) is 0 Å². The van der Waals surface area contributed by atoms with Gasteiger partial charge in [-0.1, -0.05) is 39.0 Å². The van der Waals surface area contributed by atoms with E-state index in [1.165, 1.54) is 11.1 Å². The Labute approximate surface area is 109 Å². The minimum atomic E-state index is -0.375. The normalized spacial score (nSPS) is 17.4. The lowest BCUT2D eigenvalue weighted by atomic mass is 9.82. The van der Waals surface area contributed by atoms with Gasteiger partial charge in [-0.3, -0.25) is 10.2 Å². The van der Waals surface area contributed by atoms with Gasteiger partial charge in [0.1, 0.15) is 0 Å². The zero-order valence-corrected chi connectivity index (χ0v) is 11.6. The Hall–Kier alpha value is -1.35. The van der Waals surface area contributed by atoms with Gasteiger partial charge in [-0.25, -0.2) is 5.84 Å². The molecule has 0 unspecified atom stereocenters. The lowest BCUT2D eigenvalue weighted by molar-refractivity contribution is -0.123. The molecule has 0 spiro atoms. The summed E-state index contributed by atoms with van der Waals surface area (Å²) in [5, 5.41) is 0. The standard InChI is InChI=1S/C15H22N2O/c1-10-5-6-11(14(2,3)4)9-12(10)15(7-8-15)13(18)17-16/h5-6,9H,7-8,16H2,1-4H3,(H,17,18). The van der Waals surface area contributed by atoms with Crippen LogP contribution in [0.5, 0.6) is 0 Å². The lowest BCUT2D eigenvalue weighted by Crippen LogP contribution is -2.39. The number of carbonyl (C=O) groups is 1. The number of nitrogens with one attached hydrogen (secondary N) is 1. The summed E-state index contributed by atoms with van der Waals surface area (Å²) in [6.45, 7) is 8.61. The fourth-order valence-corrected chi connectivity index (χ4v) is 2.49. The summed E-state index contributed by atoms with van der Waals surface area (Å²) in [7, 11) is 0. The Bertz CT molecular complexity index is 482. The van der Waals surface area contributed by atoms with Crippen LogP contribution in [0.1, 0.15) is 50.3 Å². The number of aryl methyl sites for hydroxylation is 1. The van der Waals surface area contributed by atoms with Gasteiger partial charge >= 0.3 is 0 Å². The molecular formula is C15H22N2O. The molecule has 1 aliphatic rings. The predicted octanol–water partition coefficient (Wildman–Crippen LogP) is 2.31. The minimum Gasteiger partial charge on any atom is -0.293 e. The van der Waals surface area contributed by atoms with Crippen LogP contribution in [0.4, 0.5) is 0 Å². The summed E-state index contributed by atoms with van der Waals surface area (Å²) in [5.41, 5.74) is 5.60. The molecule has 98 valence electrons. The van der Waals surface area contributed by atoms with E-state index in [1.54, 1.807) is 0 Å². The van der Waals surface area contributed by atoms with E-state index in [2.05, 4.69) is 51.3 Å². The van der Waals surface area contributed by atoms with Crippen molar-refractivity contribution in [1.82, 2.24) is 5.43 Å². The molecule has 3 N–H and O–H groups in total. The Kier molecular flexibility index (Phi) is 2.98. The summed E-state index contributed by atoms with van der Waals surface area (Å²) in [6, 6.07) is 6.44. The Morgan fingerprint density at radius 1 is 1.33 bits per heavy atom. The maximum atomic E-state index is 12.0. The molecule has 1 saturated carbocycles. The van der Waals surface area contributed by atoms with Crippen LogP contribution >= 0.6 is 0 Å². The van der Waals surface area contributed by atoms with Gasteiger partial charge in [-0.2, -0.15) is 0 Å². The first-order valence-corrected chi connectivity index (χ1v) is 6.44. The van der Waals surface area contributed by atoms with Gasteiger partial charge in [-0.15, -0.1) is 0 Å². The highest BCUT2D eigenvalue weighted by Gasteiger charge is 2.51. The van der Waals surface area contributed by atoms with Crippen molar-refractivity contribution in [3.05, 3.63) is 34.9 Å². The van der Waals surface area contributed by atoms with Crippen LogP contribution in [0.15, 0.2) is 18.2 Å². The summed E-state index contributed by atoms with van der Waals surface area (Å²) in [4.78, 5) is 12.0. The van der Waals surface area contributed by atoms with Crippen LogP contribution < -0.4 is 11.3 Å². The monoisotopic (exact) mass is 246 g/mol. The van der Waals surface area contributed by atoms with Crippen molar-refractivity contribution >= 4 is 5.91 Å². The molecule has 0 atom stereocenters. The third kappa shape index (κ3) is 2.03. The van der Waals surface area contributed by atoms with Crippen molar-refractivity contribution < 1.29 is 4.79 Å². The summed E-state index contributed by atoms with van der Waals surface area (Å²) in [5.74, 6) is 5.25. The number of hydrogen-bond donors (Lipinski definition) is 2. The predicted molar refractivity (Wildman–Crippen MR) is 73.1 cm³/mol. The van der Waals surface area contributed by atoms with Crippen LogP contribution in [0, 0.1) is 6.92 Å². The molecule has 0 bridgehead atoms. The maximum absolute atomic E-state index is 12.0. The minimum absolute atomic E-state index is 0.0586. The van der Waals surface area contributed by atoms with E-state index in [-0.39, 0.29) is 16.7 Å². The van der Waals surface area contributed by atoms with Crippen LogP contribution in [0.3, 0.4) is 0 Å². The van der Waals surface area contributed by atoms with Crippen LogP contribution in [-0.4, -0.2) is 5.91 Å². The first-order valence-electron chi connectivity index (χ1n) is 6.44. The highest BCUT2D eigenvalue weighted by molar-refractivity contribution is 5.91. The van der Waals surface area contributed by atoms with Gasteiger partial charge in [0, 0.05) is 0 Å². The molecular weight excluding hydrogens is 224 g/mol. The second-order valence-corrected chi connectivity index (χ2v) is 6.34. The second kappa shape index (κ2) is 4.09. The number of hydrogen-bond acceptors (Lipinski definition) is 2. The van der Waals surface area contributed by atoms with Gasteiger partial charge in [0.25, 0.3) is 0 Å². The third-order valence-electron chi connectivity index (χ3n) is 3.93. The van der Waals surface area contributed by atoms with Crippen molar-refractivity contribution in [2.75, 3.05) is 0 Å². The molecule has 3 heteroatoms. The van der Waals surface area contributed by atoms with E-state index >= 15 is 0 Å². The number of benzene rings is 1. The van der Waals surface area contributed by atoms with Crippen molar-refractivity contribution in [3.63, 3.8) is 0 Å². The van der Waals surface area contributed by atoms with E-state index in [4.69, 9.17) is 5.84 Å². The van der Waals surface area contributed by atoms with E-state index in [1.807, 2.05) is 0 Å². The maximum Gasteiger partial charge on any atom is 0.244 e. The molecule has 2 rings (SSSR count). The van der Waals surface area contributed by atoms with E-state index in [9.17, 15) is 4.79 Å². The first kappa shape index (κ1) is 13.1. The summed E-state index contributed by atoms with van der Waals surface area (Å²) in [6.07, 6.45) is 1.79. The number of hydrazine groups is 1. The molecule has 1 aliphatic carbocycles. The first-order chi connectivity index (χ1) is 8.31. The van der Waals surface area contributed by atoms with Gasteiger partial charge in [0.2, 0.25) is 5.91 Å².